The Bertz CT molecular complexity index is 521. The molecule has 224 valence electrons. The number of rotatable bonds is 31. The van der Waals surface area contributed by atoms with E-state index in [4.69, 9.17) is 0 Å². The van der Waals surface area contributed by atoms with Crippen molar-refractivity contribution >= 4 is 5.97 Å². The molecule has 0 radical (unpaired) electrons. The number of carboxylic acid groups (broad SMARTS) is 1. The highest BCUT2D eigenvalue weighted by Crippen LogP contribution is 2.20. The summed E-state index contributed by atoms with van der Waals surface area (Å²) >= 11 is 0. The van der Waals surface area contributed by atoms with Gasteiger partial charge in [0, 0.05) is 0 Å². The molecule has 0 aromatic carbocycles. The zero-order valence-corrected chi connectivity index (χ0v) is 26.0. The van der Waals surface area contributed by atoms with E-state index < -0.39 is 5.97 Å². The summed E-state index contributed by atoms with van der Waals surface area (Å²) in [6, 6.07) is 0. The molecule has 0 saturated heterocycles. The smallest absolute Gasteiger partial charge is 0.306 e. The second-order valence-electron chi connectivity index (χ2n) is 11.8. The van der Waals surface area contributed by atoms with Gasteiger partial charge in [-0.1, -0.05) is 173 Å². The van der Waals surface area contributed by atoms with Gasteiger partial charge in [0.15, 0.2) is 0 Å². The van der Waals surface area contributed by atoms with Crippen molar-refractivity contribution in [1.82, 2.24) is 0 Å². The maximum Gasteiger partial charge on any atom is 0.306 e. The van der Waals surface area contributed by atoms with Crippen molar-refractivity contribution in [3.63, 3.8) is 0 Å². The standard InChI is InChI=1S/C36H68O2/c1-3-5-7-9-11-13-15-17-19-20-22-24-26-28-30-32-34-35(36(37)38)33-31-29-27-25-23-21-18-16-14-12-10-8-6-4-2/h11,13,17,19,35H,3-10,12,14-16,18,20-34H2,1-2H3,(H,37,38). The molecule has 0 saturated carbocycles. The van der Waals surface area contributed by atoms with Gasteiger partial charge in [-0.3, -0.25) is 4.79 Å². The van der Waals surface area contributed by atoms with Gasteiger partial charge in [0.2, 0.25) is 0 Å². The first-order chi connectivity index (χ1) is 18.7. The van der Waals surface area contributed by atoms with Gasteiger partial charge in [0.05, 0.1) is 5.92 Å². The van der Waals surface area contributed by atoms with Crippen molar-refractivity contribution in [3.05, 3.63) is 24.3 Å². The van der Waals surface area contributed by atoms with Crippen LogP contribution in [0.3, 0.4) is 0 Å². The van der Waals surface area contributed by atoms with Crippen LogP contribution in [-0.2, 0) is 4.79 Å². The van der Waals surface area contributed by atoms with E-state index in [2.05, 4.69) is 38.2 Å². The zero-order chi connectivity index (χ0) is 27.8. The topological polar surface area (TPSA) is 37.3 Å². The fraction of sp³-hybridized carbons (Fsp3) is 0.861. The van der Waals surface area contributed by atoms with E-state index in [-0.39, 0.29) is 5.92 Å². The predicted octanol–water partition coefficient (Wildman–Crippen LogP) is 12.8. The van der Waals surface area contributed by atoms with Gasteiger partial charge in [0.25, 0.3) is 0 Å². The van der Waals surface area contributed by atoms with Crippen LogP contribution in [0.5, 0.6) is 0 Å². The van der Waals surface area contributed by atoms with Gasteiger partial charge < -0.3 is 5.11 Å². The fourth-order valence-corrected chi connectivity index (χ4v) is 5.36. The van der Waals surface area contributed by atoms with E-state index in [9.17, 15) is 9.90 Å². The average Bonchev–Trinajstić information content (AvgIpc) is 2.91. The molecule has 38 heavy (non-hydrogen) atoms. The van der Waals surface area contributed by atoms with Gasteiger partial charge >= 0.3 is 5.97 Å². The maximum atomic E-state index is 11.6. The first-order valence-corrected chi connectivity index (χ1v) is 17.2. The number of carboxylic acids is 1. The van der Waals surface area contributed by atoms with Crippen LogP contribution < -0.4 is 0 Å². The molecule has 0 amide bonds. The highest BCUT2D eigenvalue weighted by atomic mass is 16.4. The molecule has 0 spiro atoms. The lowest BCUT2D eigenvalue weighted by molar-refractivity contribution is -0.142. The molecule has 0 aromatic rings. The number of hydrogen-bond acceptors (Lipinski definition) is 1. The van der Waals surface area contributed by atoms with Gasteiger partial charge in [-0.05, 0) is 44.9 Å². The summed E-state index contributed by atoms with van der Waals surface area (Å²) in [5.74, 6) is -0.680. The molecule has 1 unspecified atom stereocenters. The van der Waals surface area contributed by atoms with E-state index in [0.717, 1.165) is 32.1 Å². The Balaban J connectivity index is 3.47. The minimum atomic E-state index is -0.567. The molecule has 0 heterocycles. The van der Waals surface area contributed by atoms with Gasteiger partial charge in [-0.25, -0.2) is 0 Å². The Morgan fingerprint density at radius 1 is 0.474 bits per heavy atom. The van der Waals surface area contributed by atoms with E-state index in [1.165, 1.54) is 148 Å². The SMILES string of the molecule is CCCCCC=CCC=CCCCCCCCCC(CCCCCCCCCCCCCCCC)C(=O)O. The van der Waals surface area contributed by atoms with Gasteiger partial charge in [-0.2, -0.15) is 0 Å². The van der Waals surface area contributed by atoms with Crippen molar-refractivity contribution in [1.29, 1.82) is 0 Å². The lowest BCUT2D eigenvalue weighted by Gasteiger charge is -2.12. The van der Waals surface area contributed by atoms with E-state index >= 15 is 0 Å². The molecule has 2 heteroatoms. The lowest BCUT2D eigenvalue weighted by Crippen LogP contribution is -2.13. The molecular formula is C36H68O2. The zero-order valence-electron chi connectivity index (χ0n) is 26.0. The molecule has 0 fully saturated rings. The molecule has 0 aromatic heterocycles. The van der Waals surface area contributed by atoms with Crippen LogP contribution in [0.15, 0.2) is 24.3 Å². The van der Waals surface area contributed by atoms with Crippen LogP contribution in [0.2, 0.25) is 0 Å². The number of hydrogen-bond donors (Lipinski definition) is 1. The Labute approximate surface area is 239 Å². The molecule has 1 N–H and O–H groups in total. The summed E-state index contributed by atoms with van der Waals surface area (Å²) in [4.78, 5) is 11.6. The highest BCUT2D eigenvalue weighted by molar-refractivity contribution is 5.69. The third-order valence-corrected chi connectivity index (χ3v) is 8.01. The predicted molar refractivity (Wildman–Crippen MR) is 170 cm³/mol. The van der Waals surface area contributed by atoms with Crippen LogP contribution in [0.1, 0.15) is 194 Å². The largest absolute Gasteiger partial charge is 0.481 e. The Kier molecular flexibility index (Phi) is 31.3. The summed E-state index contributed by atoms with van der Waals surface area (Å²) in [6.45, 7) is 4.54. The third kappa shape index (κ3) is 29.5. The van der Waals surface area contributed by atoms with Crippen molar-refractivity contribution in [3.8, 4) is 0 Å². The van der Waals surface area contributed by atoms with E-state index in [0.29, 0.717) is 0 Å². The molecule has 0 bridgehead atoms. The maximum absolute atomic E-state index is 11.6. The molecule has 0 rings (SSSR count). The second-order valence-corrected chi connectivity index (χ2v) is 11.8. The number of aliphatic carboxylic acids is 1. The lowest BCUT2D eigenvalue weighted by atomic mass is 9.94. The van der Waals surface area contributed by atoms with Crippen molar-refractivity contribution in [2.45, 2.75) is 194 Å². The van der Waals surface area contributed by atoms with Crippen LogP contribution in [0.4, 0.5) is 0 Å². The highest BCUT2D eigenvalue weighted by Gasteiger charge is 2.16. The van der Waals surface area contributed by atoms with E-state index in [1.54, 1.807) is 0 Å². The summed E-state index contributed by atoms with van der Waals surface area (Å²) in [5.41, 5.74) is 0. The number of allylic oxidation sites excluding steroid dienone is 4. The molecule has 1 atom stereocenters. The Hall–Kier alpha value is -1.05. The Morgan fingerprint density at radius 3 is 1.18 bits per heavy atom. The Morgan fingerprint density at radius 2 is 0.789 bits per heavy atom. The third-order valence-electron chi connectivity index (χ3n) is 8.01. The first kappa shape index (κ1) is 37.0. The second kappa shape index (κ2) is 32.2. The molecule has 0 aliphatic carbocycles. The van der Waals surface area contributed by atoms with E-state index in [1.807, 2.05) is 0 Å². The van der Waals surface area contributed by atoms with Crippen molar-refractivity contribution < 1.29 is 9.90 Å². The molecule has 0 aliphatic rings. The quantitative estimate of drug-likeness (QED) is 0.0712. The number of carbonyl (C=O) groups is 1. The van der Waals surface area contributed by atoms with Gasteiger partial charge in [-0.15, -0.1) is 0 Å². The summed E-state index contributed by atoms with van der Waals surface area (Å²) in [6.07, 6.45) is 44.9. The monoisotopic (exact) mass is 533 g/mol. The van der Waals surface area contributed by atoms with Crippen molar-refractivity contribution in [2.24, 2.45) is 5.92 Å². The van der Waals surface area contributed by atoms with Crippen LogP contribution in [0.25, 0.3) is 0 Å². The minimum absolute atomic E-state index is 0.113. The summed E-state index contributed by atoms with van der Waals surface area (Å²) in [5, 5.41) is 9.59. The number of unbranched alkanes of at least 4 members (excludes halogenated alkanes) is 22. The summed E-state index contributed by atoms with van der Waals surface area (Å²) in [7, 11) is 0. The first-order valence-electron chi connectivity index (χ1n) is 17.2. The molecular weight excluding hydrogens is 464 g/mol. The van der Waals surface area contributed by atoms with Crippen LogP contribution >= 0.6 is 0 Å². The molecule has 0 aliphatic heterocycles. The molecule has 2 nitrogen and oxygen atoms in total. The normalized spacial score (nSPS) is 12.7. The van der Waals surface area contributed by atoms with Crippen LogP contribution in [0, 0.1) is 5.92 Å². The minimum Gasteiger partial charge on any atom is -0.481 e. The summed E-state index contributed by atoms with van der Waals surface area (Å²) < 4.78 is 0. The van der Waals surface area contributed by atoms with Crippen LogP contribution in [-0.4, -0.2) is 11.1 Å². The average molecular weight is 533 g/mol. The van der Waals surface area contributed by atoms with Crippen molar-refractivity contribution in [2.75, 3.05) is 0 Å². The fourth-order valence-electron chi connectivity index (χ4n) is 5.36. The van der Waals surface area contributed by atoms with Gasteiger partial charge in [0.1, 0.15) is 0 Å².